The van der Waals surface area contributed by atoms with Gasteiger partial charge in [-0.15, -0.1) is 0 Å². The zero-order valence-electron chi connectivity index (χ0n) is 19.6. The van der Waals surface area contributed by atoms with Crippen LogP contribution in [0, 0.1) is 11.3 Å². The lowest BCUT2D eigenvalue weighted by atomic mass is 9.98. The summed E-state index contributed by atoms with van der Waals surface area (Å²) in [4.78, 5) is 4.45. The van der Waals surface area contributed by atoms with Crippen molar-refractivity contribution in [3.05, 3.63) is 54.1 Å². The molecule has 0 aliphatic rings. The Hall–Kier alpha value is -3.72. The van der Waals surface area contributed by atoms with Gasteiger partial charge in [0.2, 0.25) is 0 Å². The number of nitrogens with zero attached hydrogens (tertiary/aromatic N) is 2. The van der Waals surface area contributed by atoms with E-state index in [0.717, 1.165) is 28.9 Å². The van der Waals surface area contributed by atoms with Crippen LogP contribution in [0.25, 0.3) is 22.4 Å². The first kappa shape index (κ1) is 23.9. The van der Waals surface area contributed by atoms with Crippen molar-refractivity contribution in [2.24, 2.45) is 0 Å². The minimum Gasteiger partial charge on any atom is -0.494 e. The fourth-order valence-corrected chi connectivity index (χ4v) is 3.68. The van der Waals surface area contributed by atoms with E-state index < -0.39 is 0 Å². The number of unbranched alkanes of at least 4 members (excludes halogenated alkanes) is 4. The lowest BCUT2D eigenvalue weighted by Gasteiger charge is -2.13. The summed E-state index contributed by atoms with van der Waals surface area (Å²) in [7, 11) is 3.18. The highest BCUT2D eigenvalue weighted by Gasteiger charge is 2.15. The molecule has 0 unspecified atom stereocenters. The Morgan fingerprint density at radius 3 is 2.24 bits per heavy atom. The molecule has 0 saturated carbocycles. The number of rotatable bonds is 11. The van der Waals surface area contributed by atoms with Gasteiger partial charge in [-0.2, -0.15) is 5.26 Å². The van der Waals surface area contributed by atoms with Crippen molar-refractivity contribution >= 4 is 5.82 Å². The molecule has 3 rings (SSSR count). The number of nitriles is 1. The topological polar surface area (TPSA) is 90.4 Å². The van der Waals surface area contributed by atoms with E-state index in [1.54, 1.807) is 14.2 Å². The molecule has 3 aromatic rings. The summed E-state index contributed by atoms with van der Waals surface area (Å²) >= 11 is 0. The average Bonchev–Trinajstić information content (AvgIpc) is 2.85. The van der Waals surface area contributed by atoms with Crippen molar-refractivity contribution in [1.29, 1.82) is 5.26 Å². The van der Waals surface area contributed by atoms with Gasteiger partial charge in [0, 0.05) is 11.1 Å². The van der Waals surface area contributed by atoms with E-state index in [0.29, 0.717) is 29.4 Å². The van der Waals surface area contributed by atoms with Crippen LogP contribution < -0.4 is 19.9 Å². The number of nitrogen functional groups attached to an aromatic ring is 1. The Kier molecular flexibility index (Phi) is 8.54. The van der Waals surface area contributed by atoms with Crippen molar-refractivity contribution in [3.8, 4) is 45.7 Å². The van der Waals surface area contributed by atoms with Gasteiger partial charge in [0.05, 0.1) is 26.5 Å². The predicted octanol–water partition coefficient (Wildman–Crippen LogP) is 6.24. The minimum absolute atomic E-state index is 0.187. The standard InChI is InChI=1S/C27H31N3O3/c1-4-5-6-7-8-15-33-21-12-9-19(10-13-21)22-17-24(30-27(29)23(22)18-28)20-11-14-25(31-2)26(16-20)32-3/h9-14,16-17H,4-8,15H2,1-3H3,(H2,29,30). The number of pyridine rings is 1. The summed E-state index contributed by atoms with van der Waals surface area (Å²) < 4.78 is 16.6. The molecule has 0 aliphatic carbocycles. The van der Waals surface area contributed by atoms with Crippen LogP contribution in [0.15, 0.2) is 48.5 Å². The maximum atomic E-state index is 9.70. The number of aromatic nitrogens is 1. The Balaban J connectivity index is 1.84. The molecule has 6 heteroatoms. The van der Waals surface area contributed by atoms with E-state index in [-0.39, 0.29) is 5.82 Å². The van der Waals surface area contributed by atoms with Crippen LogP contribution in [0.3, 0.4) is 0 Å². The first-order valence-corrected chi connectivity index (χ1v) is 11.3. The lowest BCUT2D eigenvalue weighted by molar-refractivity contribution is 0.304. The van der Waals surface area contributed by atoms with Crippen LogP contribution in [-0.2, 0) is 0 Å². The van der Waals surface area contributed by atoms with Crippen molar-refractivity contribution < 1.29 is 14.2 Å². The number of ether oxygens (including phenoxy) is 3. The highest BCUT2D eigenvalue weighted by atomic mass is 16.5. The SMILES string of the molecule is CCCCCCCOc1ccc(-c2cc(-c3ccc(OC)c(OC)c3)nc(N)c2C#N)cc1. The summed E-state index contributed by atoms with van der Waals surface area (Å²) in [5.74, 6) is 2.23. The van der Waals surface area contributed by atoms with Crippen LogP contribution in [0.5, 0.6) is 17.2 Å². The fraction of sp³-hybridized carbons (Fsp3) is 0.333. The number of hydrogen-bond donors (Lipinski definition) is 1. The van der Waals surface area contributed by atoms with Crippen molar-refractivity contribution in [1.82, 2.24) is 4.98 Å². The second-order valence-corrected chi connectivity index (χ2v) is 7.78. The van der Waals surface area contributed by atoms with E-state index in [1.807, 2.05) is 48.5 Å². The van der Waals surface area contributed by atoms with Gasteiger partial charge in [0.25, 0.3) is 0 Å². The van der Waals surface area contributed by atoms with Gasteiger partial charge in [0.15, 0.2) is 11.5 Å². The number of nitrogens with two attached hydrogens (primary N) is 1. The maximum Gasteiger partial charge on any atom is 0.161 e. The van der Waals surface area contributed by atoms with Crippen LogP contribution in [0.2, 0.25) is 0 Å². The van der Waals surface area contributed by atoms with Crippen molar-refractivity contribution in [2.45, 2.75) is 39.0 Å². The predicted molar refractivity (Wildman–Crippen MR) is 132 cm³/mol. The number of hydrogen-bond acceptors (Lipinski definition) is 6. The molecule has 33 heavy (non-hydrogen) atoms. The molecule has 0 fully saturated rings. The highest BCUT2D eigenvalue weighted by Crippen LogP contribution is 2.35. The normalized spacial score (nSPS) is 10.5. The Morgan fingerprint density at radius 2 is 1.58 bits per heavy atom. The number of methoxy groups -OCH3 is 2. The molecule has 0 spiro atoms. The zero-order valence-corrected chi connectivity index (χ0v) is 19.6. The minimum atomic E-state index is 0.187. The van der Waals surface area contributed by atoms with Crippen LogP contribution >= 0.6 is 0 Å². The summed E-state index contributed by atoms with van der Waals surface area (Å²) in [5, 5.41) is 9.70. The molecule has 0 aliphatic heterocycles. The molecule has 0 amide bonds. The smallest absolute Gasteiger partial charge is 0.161 e. The molecule has 2 N–H and O–H groups in total. The molecular formula is C27H31N3O3. The average molecular weight is 446 g/mol. The van der Waals surface area contributed by atoms with Gasteiger partial charge in [0.1, 0.15) is 23.2 Å². The van der Waals surface area contributed by atoms with Crippen molar-refractivity contribution in [2.75, 3.05) is 26.6 Å². The van der Waals surface area contributed by atoms with E-state index in [1.165, 1.54) is 25.7 Å². The molecule has 0 saturated heterocycles. The second-order valence-electron chi connectivity index (χ2n) is 7.78. The third kappa shape index (κ3) is 5.95. The molecule has 1 aromatic heterocycles. The largest absolute Gasteiger partial charge is 0.494 e. The van der Waals surface area contributed by atoms with Gasteiger partial charge in [-0.05, 0) is 48.4 Å². The second kappa shape index (κ2) is 11.8. The molecule has 0 radical (unpaired) electrons. The summed E-state index contributed by atoms with van der Waals surface area (Å²) in [6.07, 6.45) is 6.00. The van der Waals surface area contributed by atoms with E-state index >= 15 is 0 Å². The quantitative estimate of drug-likeness (QED) is 0.352. The highest BCUT2D eigenvalue weighted by molar-refractivity contribution is 5.80. The summed E-state index contributed by atoms with van der Waals surface area (Å²) in [5.41, 5.74) is 9.57. The molecule has 0 atom stereocenters. The Bertz CT molecular complexity index is 1100. The zero-order chi connectivity index (χ0) is 23.6. The molecule has 172 valence electrons. The van der Waals surface area contributed by atoms with Gasteiger partial charge in [-0.1, -0.05) is 44.7 Å². The molecule has 6 nitrogen and oxygen atoms in total. The Labute approximate surface area is 195 Å². The van der Waals surface area contributed by atoms with Crippen LogP contribution in [0.4, 0.5) is 5.82 Å². The Morgan fingerprint density at radius 1 is 0.879 bits per heavy atom. The van der Waals surface area contributed by atoms with Gasteiger partial charge in [-0.3, -0.25) is 0 Å². The molecule has 0 bridgehead atoms. The summed E-state index contributed by atoms with van der Waals surface area (Å²) in [6.45, 7) is 2.92. The first-order chi connectivity index (χ1) is 16.1. The van der Waals surface area contributed by atoms with Gasteiger partial charge in [-0.25, -0.2) is 4.98 Å². The first-order valence-electron chi connectivity index (χ1n) is 11.3. The van der Waals surface area contributed by atoms with Gasteiger partial charge >= 0.3 is 0 Å². The number of anilines is 1. The third-order valence-electron chi connectivity index (χ3n) is 5.52. The fourth-order valence-electron chi connectivity index (χ4n) is 3.68. The maximum absolute atomic E-state index is 9.70. The van der Waals surface area contributed by atoms with Gasteiger partial charge < -0.3 is 19.9 Å². The summed E-state index contributed by atoms with van der Waals surface area (Å²) in [6, 6.07) is 17.4. The molecular weight excluding hydrogens is 414 g/mol. The monoisotopic (exact) mass is 445 g/mol. The number of benzene rings is 2. The van der Waals surface area contributed by atoms with Crippen molar-refractivity contribution in [3.63, 3.8) is 0 Å². The van der Waals surface area contributed by atoms with E-state index in [4.69, 9.17) is 19.9 Å². The molecule has 2 aromatic carbocycles. The van der Waals surface area contributed by atoms with Crippen LogP contribution in [0.1, 0.15) is 44.6 Å². The van der Waals surface area contributed by atoms with E-state index in [2.05, 4.69) is 18.0 Å². The van der Waals surface area contributed by atoms with Crippen LogP contribution in [-0.4, -0.2) is 25.8 Å². The van der Waals surface area contributed by atoms with E-state index in [9.17, 15) is 5.26 Å². The third-order valence-corrected chi connectivity index (χ3v) is 5.52. The molecule has 1 heterocycles. The lowest BCUT2D eigenvalue weighted by Crippen LogP contribution is -2.00.